The van der Waals surface area contributed by atoms with Crippen molar-refractivity contribution < 1.29 is 0 Å². The van der Waals surface area contributed by atoms with Crippen molar-refractivity contribution in [1.82, 2.24) is 0 Å². The number of fused-ring (bicyclic) bond motifs is 1. The summed E-state index contributed by atoms with van der Waals surface area (Å²) in [7, 11) is 0. The molecule has 1 unspecified atom stereocenters. The summed E-state index contributed by atoms with van der Waals surface area (Å²) in [5, 5.41) is 4.93. The first-order chi connectivity index (χ1) is 10.1. The number of hydrogen-bond acceptors (Lipinski definition) is 2. The molecular formula is C19H21NS. The molecule has 0 saturated carbocycles. The van der Waals surface area contributed by atoms with E-state index in [9.17, 15) is 0 Å². The summed E-state index contributed by atoms with van der Waals surface area (Å²) in [5.74, 6) is 0.582. The lowest BCUT2D eigenvalue weighted by Gasteiger charge is -2.14. The number of benzene rings is 2. The largest absolute Gasteiger partial charge is 0.378 e. The van der Waals surface area contributed by atoms with Crippen LogP contribution >= 0.6 is 11.3 Å². The Balaban J connectivity index is 1.77. The predicted molar refractivity (Wildman–Crippen MR) is 94.4 cm³/mol. The third-order valence-corrected chi connectivity index (χ3v) is 5.13. The van der Waals surface area contributed by atoms with Crippen molar-refractivity contribution in [2.24, 2.45) is 0 Å². The molecule has 1 heterocycles. The number of nitrogens with one attached hydrogen (secondary N) is 1. The lowest BCUT2D eigenvalue weighted by atomic mass is 10.0. The quantitative estimate of drug-likeness (QED) is 0.604. The van der Waals surface area contributed by atoms with Gasteiger partial charge in [0.1, 0.15) is 0 Å². The minimum absolute atomic E-state index is 0.326. The van der Waals surface area contributed by atoms with E-state index in [0.29, 0.717) is 12.0 Å². The molecule has 0 aliphatic rings. The van der Waals surface area contributed by atoms with Gasteiger partial charge in [0, 0.05) is 15.3 Å². The van der Waals surface area contributed by atoms with Gasteiger partial charge in [0.25, 0.3) is 0 Å². The summed E-state index contributed by atoms with van der Waals surface area (Å²) in [5.41, 5.74) is 2.57. The Morgan fingerprint density at radius 2 is 1.62 bits per heavy atom. The molecule has 3 rings (SSSR count). The van der Waals surface area contributed by atoms with Crippen LogP contribution in [0.5, 0.6) is 0 Å². The molecule has 1 aromatic heterocycles. The average molecular weight is 295 g/mol. The van der Waals surface area contributed by atoms with Gasteiger partial charge < -0.3 is 5.32 Å². The SMILES string of the molecule is CC(C)c1ccc(NC(C)c2cc3ccccc3s2)cc1. The monoisotopic (exact) mass is 295 g/mol. The van der Waals surface area contributed by atoms with Crippen LogP contribution in [0.15, 0.2) is 54.6 Å². The van der Waals surface area contributed by atoms with E-state index in [0.717, 1.165) is 0 Å². The fourth-order valence-electron chi connectivity index (χ4n) is 2.50. The smallest absolute Gasteiger partial charge is 0.0578 e. The van der Waals surface area contributed by atoms with Gasteiger partial charge in [-0.05, 0) is 48.1 Å². The van der Waals surface area contributed by atoms with E-state index in [2.05, 4.69) is 80.7 Å². The maximum absolute atomic E-state index is 3.60. The van der Waals surface area contributed by atoms with Gasteiger partial charge in [0.05, 0.1) is 6.04 Å². The summed E-state index contributed by atoms with van der Waals surface area (Å²) in [4.78, 5) is 1.38. The highest BCUT2D eigenvalue weighted by Gasteiger charge is 2.09. The van der Waals surface area contributed by atoms with Crippen molar-refractivity contribution in [3.8, 4) is 0 Å². The Bertz CT molecular complexity index is 692. The molecule has 0 radical (unpaired) electrons. The second-order valence-corrected chi connectivity index (χ2v) is 6.94. The molecule has 0 amide bonds. The molecule has 1 N–H and O–H groups in total. The van der Waals surface area contributed by atoms with Gasteiger partial charge in [-0.1, -0.05) is 44.2 Å². The second kappa shape index (κ2) is 5.90. The highest BCUT2D eigenvalue weighted by atomic mass is 32.1. The maximum Gasteiger partial charge on any atom is 0.0578 e. The van der Waals surface area contributed by atoms with Crippen molar-refractivity contribution in [2.75, 3.05) is 5.32 Å². The average Bonchev–Trinajstić information content (AvgIpc) is 2.92. The highest BCUT2D eigenvalue weighted by molar-refractivity contribution is 7.19. The topological polar surface area (TPSA) is 12.0 Å². The number of hydrogen-bond donors (Lipinski definition) is 1. The summed E-state index contributed by atoms with van der Waals surface area (Å²) < 4.78 is 1.36. The van der Waals surface area contributed by atoms with Crippen LogP contribution in [0, 0.1) is 0 Å². The first kappa shape index (κ1) is 14.2. The number of anilines is 1. The molecule has 0 aliphatic heterocycles. The molecule has 1 nitrogen and oxygen atoms in total. The summed E-state index contributed by atoms with van der Waals surface area (Å²) in [6.45, 7) is 6.67. The van der Waals surface area contributed by atoms with Gasteiger partial charge in [-0.25, -0.2) is 0 Å². The maximum atomic E-state index is 3.60. The molecule has 1 atom stereocenters. The molecule has 0 spiro atoms. The first-order valence-corrected chi connectivity index (χ1v) is 8.30. The second-order valence-electron chi connectivity index (χ2n) is 5.83. The minimum Gasteiger partial charge on any atom is -0.378 e. The van der Waals surface area contributed by atoms with Crippen molar-refractivity contribution in [3.05, 3.63) is 65.0 Å². The van der Waals surface area contributed by atoms with E-state index in [4.69, 9.17) is 0 Å². The van der Waals surface area contributed by atoms with Crippen LogP contribution in [0.1, 0.15) is 43.2 Å². The Labute approximate surface area is 130 Å². The molecular weight excluding hydrogens is 274 g/mol. The first-order valence-electron chi connectivity index (χ1n) is 7.48. The lowest BCUT2D eigenvalue weighted by molar-refractivity contribution is 0.865. The van der Waals surface area contributed by atoms with Crippen LogP contribution in [0.2, 0.25) is 0 Å². The van der Waals surface area contributed by atoms with Crippen molar-refractivity contribution in [2.45, 2.75) is 32.7 Å². The van der Waals surface area contributed by atoms with Crippen LogP contribution < -0.4 is 5.32 Å². The summed E-state index contributed by atoms with van der Waals surface area (Å²) in [6, 6.07) is 20.0. The van der Waals surface area contributed by atoms with Gasteiger partial charge in [-0.2, -0.15) is 0 Å². The predicted octanol–water partition coefficient (Wildman–Crippen LogP) is 6.20. The number of thiophene rings is 1. The van der Waals surface area contributed by atoms with Crippen molar-refractivity contribution in [3.63, 3.8) is 0 Å². The van der Waals surface area contributed by atoms with Crippen LogP contribution in [0.25, 0.3) is 10.1 Å². The third kappa shape index (κ3) is 3.11. The number of rotatable bonds is 4. The minimum atomic E-state index is 0.326. The summed E-state index contributed by atoms with van der Waals surface area (Å²) >= 11 is 1.87. The molecule has 0 saturated heterocycles. The Kier molecular flexibility index (Phi) is 3.98. The van der Waals surface area contributed by atoms with Gasteiger partial charge in [0.2, 0.25) is 0 Å². The van der Waals surface area contributed by atoms with Crippen LogP contribution in [0.3, 0.4) is 0 Å². The Morgan fingerprint density at radius 3 is 2.29 bits per heavy atom. The molecule has 2 heteroatoms. The van der Waals surface area contributed by atoms with Gasteiger partial charge in [0.15, 0.2) is 0 Å². The molecule has 21 heavy (non-hydrogen) atoms. The van der Waals surface area contributed by atoms with Gasteiger partial charge in [-0.3, -0.25) is 0 Å². The van der Waals surface area contributed by atoms with Gasteiger partial charge in [-0.15, -0.1) is 11.3 Å². The zero-order valence-corrected chi connectivity index (χ0v) is 13.6. The fraction of sp³-hybridized carbons (Fsp3) is 0.263. The van der Waals surface area contributed by atoms with Crippen LogP contribution in [0.4, 0.5) is 5.69 Å². The van der Waals surface area contributed by atoms with Crippen molar-refractivity contribution >= 4 is 27.1 Å². The molecule has 0 bridgehead atoms. The normalized spacial score (nSPS) is 12.8. The molecule has 0 aliphatic carbocycles. The zero-order chi connectivity index (χ0) is 14.8. The standard InChI is InChI=1S/C19H21NS/c1-13(2)15-8-10-17(11-9-15)20-14(3)19-12-16-6-4-5-7-18(16)21-19/h4-14,20H,1-3H3. The molecule has 2 aromatic carbocycles. The van der Waals surface area contributed by atoms with E-state index in [1.54, 1.807) is 0 Å². The molecule has 3 aromatic rings. The zero-order valence-electron chi connectivity index (χ0n) is 12.8. The van der Waals surface area contributed by atoms with Crippen LogP contribution in [-0.2, 0) is 0 Å². The van der Waals surface area contributed by atoms with E-state index >= 15 is 0 Å². The van der Waals surface area contributed by atoms with Crippen LogP contribution in [-0.4, -0.2) is 0 Å². The van der Waals surface area contributed by atoms with Gasteiger partial charge >= 0.3 is 0 Å². The Morgan fingerprint density at radius 1 is 0.905 bits per heavy atom. The third-order valence-electron chi connectivity index (χ3n) is 3.83. The lowest BCUT2D eigenvalue weighted by Crippen LogP contribution is -2.04. The van der Waals surface area contributed by atoms with E-state index < -0.39 is 0 Å². The van der Waals surface area contributed by atoms with E-state index in [-0.39, 0.29) is 0 Å². The van der Waals surface area contributed by atoms with E-state index in [1.165, 1.54) is 26.2 Å². The highest BCUT2D eigenvalue weighted by Crippen LogP contribution is 2.31. The Hall–Kier alpha value is -1.80. The fourth-order valence-corrected chi connectivity index (χ4v) is 3.57. The summed E-state index contributed by atoms with van der Waals surface area (Å²) in [6.07, 6.45) is 0. The van der Waals surface area contributed by atoms with E-state index in [1.807, 2.05) is 11.3 Å². The molecule has 0 fully saturated rings. The van der Waals surface area contributed by atoms with Crippen molar-refractivity contribution in [1.29, 1.82) is 0 Å². The molecule has 108 valence electrons.